The van der Waals surface area contributed by atoms with Crippen molar-refractivity contribution in [3.63, 3.8) is 0 Å². The molecular formula is C24H35N3O5. The van der Waals surface area contributed by atoms with Gasteiger partial charge in [0.1, 0.15) is 6.26 Å². The van der Waals surface area contributed by atoms with Gasteiger partial charge in [-0.15, -0.1) is 0 Å². The average Bonchev–Trinajstić information content (AvgIpc) is 3.28. The Morgan fingerprint density at radius 2 is 1.78 bits per heavy atom. The summed E-state index contributed by atoms with van der Waals surface area (Å²) in [7, 11) is 3.25. The Morgan fingerprint density at radius 1 is 1.06 bits per heavy atom. The number of nitrogens with one attached hydrogen (secondary N) is 1. The van der Waals surface area contributed by atoms with Crippen LogP contribution in [0.4, 0.5) is 0 Å². The first-order chi connectivity index (χ1) is 15.6. The molecule has 0 spiro atoms. The molecule has 2 rings (SSSR count). The quantitative estimate of drug-likeness (QED) is 0.422. The monoisotopic (exact) mass is 445 g/mol. The van der Waals surface area contributed by atoms with Gasteiger partial charge in [0.15, 0.2) is 5.69 Å². The van der Waals surface area contributed by atoms with Crippen LogP contribution in [0.3, 0.4) is 0 Å². The van der Waals surface area contributed by atoms with Gasteiger partial charge < -0.3 is 24.1 Å². The second kappa shape index (κ2) is 14.4. The molecule has 0 atom stereocenters. The minimum atomic E-state index is -0.309. The lowest BCUT2D eigenvalue weighted by Gasteiger charge is -2.21. The number of hydrogen-bond donors (Lipinski definition) is 1. The number of nitrogens with zero attached hydrogens (tertiary/aromatic N) is 2. The molecule has 1 aromatic carbocycles. The molecule has 2 amide bonds. The zero-order valence-corrected chi connectivity index (χ0v) is 19.4. The van der Waals surface area contributed by atoms with Gasteiger partial charge in [-0.2, -0.15) is 0 Å². The van der Waals surface area contributed by atoms with Gasteiger partial charge in [-0.1, -0.05) is 25.5 Å². The van der Waals surface area contributed by atoms with Crippen LogP contribution in [0.25, 0.3) is 0 Å². The molecule has 2 aromatic rings. The number of aromatic nitrogens is 1. The summed E-state index contributed by atoms with van der Waals surface area (Å²) in [5.41, 5.74) is 2.04. The van der Waals surface area contributed by atoms with E-state index in [0.717, 1.165) is 19.3 Å². The van der Waals surface area contributed by atoms with Crippen molar-refractivity contribution in [3.05, 3.63) is 53.2 Å². The van der Waals surface area contributed by atoms with Crippen LogP contribution in [0.15, 0.2) is 34.9 Å². The summed E-state index contributed by atoms with van der Waals surface area (Å²) in [6.07, 6.45) is 5.99. The number of rotatable bonds is 15. The lowest BCUT2D eigenvalue weighted by atomic mass is 10.1. The van der Waals surface area contributed by atoms with Gasteiger partial charge in [-0.05, 0) is 43.4 Å². The van der Waals surface area contributed by atoms with Gasteiger partial charge >= 0.3 is 0 Å². The summed E-state index contributed by atoms with van der Waals surface area (Å²) in [6.45, 7) is 4.44. The number of oxazole rings is 1. The predicted molar refractivity (Wildman–Crippen MR) is 122 cm³/mol. The van der Waals surface area contributed by atoms with Crippen LogP contribution in [0, 0.1) is 0 Å². The molecule has 176 valence electrons. The molecule has 1 aromatic heterocycles. The Labute approximate surface area is 190 Å². The van der Waals surface area contributed by atoms with Crippen LogP contribution in [-0.2, 0) is 22.4 Å². The molecular weight excluding hydrogens is 410 g/mol. The summed E-state index contributed by atoms with van der Waals surface area (Å²) in [5.74, 6) is -0.0969. The number of hydrogen-bond acceptors (Lipinski definition) is 6. The van der Waals surface area contributed by atoms with Crippen molar-refractivity contribution >= 4 is 11.8 Å². The first-order valence-electron chi connectivity index (χ1n) is 11.2. The normalized spacial score (nSPS) is 10.8. The van der Waals surface area contributed by atoms with E-state index in [0.29, 0.717) is 50.6 Å². The van der Waals surface area contributed by atoms with E-state index in [9.17, 15) is 9.59 Å². The van der Waals surface area contributed by atoms with E-state index in [1.807, 2.05) is 24.3 Å². The van der Waals surface area contributed by atoms with Crippen LogP contribution in [-0.4, -0.2) is 62.2 Å². The van der Waals surface area contributed by atoms with Crippen molar-refractivity contribution in [3.8, 4) is 0 Å². The zero-order valence-electron chi connectivity index (χ0n) is 19.4. The van der Waals surface area contributed by atoms with E-state index in [1.165, 1.54) is 11.8 Å². The Morgan fingerprint density at radius 3 is 2.47 bits per heavy atom. The minimum Gasteiger partial charge on any atom is -0.446 e. The van der Waals surface area contributed by atoms with Crippen molar-refractivity contribution in [1.29, 1.82) is 0 Å². The van der Waals surface area contributed by atoms with Gasteiger partial charge in [0.05, 0.1) is 6.54 Å². The van der Waals surface area contributed by atoms with Crippen LogP contribution >= 0.6 is 0 Å². The molecule has 8 heteroatoms. The Balaban J connectivity index is 2.03. The highest BCUT2D eigenvalue weighted by Gasteiger charge is 2.20. The predicted octanol–water partition coefficient (Wildman–Crippen LogP) is 3.46. The summed E-state index contributed by atoms with van der Waals surface area (Å²) in [6, 6.07) is 7.75. The SMILES string of the molecule is CCCCc1ccc(C(=O)N(CCCOC)Cc2nc(C(=O)NCCCOC)co2)cc1. The third-order valence-corrected chi connectivity index (χ3v) is 5.00. The first kappa shape index (κ1) is 25.5. The number of benzene rings is 1. The van der Waals surface area contributed by atoms with E-state index < -0.39 is 0 Å². The van der Waals surface area contributed by atoms with Crippen LogP contribution < -0.4 is 5.32 Å². The molecule has 0 saturated carbocycles. The number of aryl methyl sites for hydroxylation is 1. The van der Waals surface area contributed by atoms with E-state index >= 15 is 0 Å². The highest BCUT2D eigenvalue weighted by molar-refractivity contribution is 5.94. The fraction of sp³-hybridized carbons (Fsp3) is 0.542. The van der Waals surface area contributed by atoms with Gasteiger partial charge in [0, 0.05) is 46.1 Å². The molecule has 1 N–H and O–H groups in total. The molecule has 0 aliphatic carbocycles. The highest BCUT2D eigenvalue weighted by atomic mass is 16.5. The second-order valence-corrected chi connectivity index (χ2v) is 7.60. The lowest BCUT2D eigenvalue weighted by Crippen LogP contribution is -2.32. The van der Waals surface area contributed by atoms with Crippen molar-refractivity contribution in [2.45, 2.75) is 45.6 Å². The lowest BCUT2D eigenvalue weighted by molar-refractivity contribution is 0.0708. The van der Waals surface area contributed by atoms with E-state index in [1.54, 1.807) is 19.1 Å². The van der Waals surface area contributed by atoms with E-state index in [-0.39, 0.29) is 24.1 Å². The third-order valence-electron chi connectivity index (χ3n) is 5.00. The zero-order chi connectivity index (χ0) is 23.2. The first-order valence-corrected chi connectivity index (χ1v) is 11.2. The van der Waals surface area contributed by atoms with Crippen molar-refractivity contribution < 1.29 is 23.5 Å². The minimum absolute atomic E-state index is 0.105. The highest BCUT2D eigenvalue weighted by Crippen LogP contribution is 2.14. The summed E-state index contributed by atoms with van der Waals surface area (Å²) < 4.78 is 15.6. The summed E-state index contributed by atoms with van der Waals surface area (Å²) in [4.78, 5) is 31.3. The van der Waals surface area contributed by atoms with Crippen molar-refractivity contribution in [2.75, 3.05) is 40.5 Å². The molecule has 8 nitrogen and oxygen atoms in total. The maximum absolute atomic E-state index is 13.1. The van der Waals surface area contributed by atoms with Gasteiger partial charge in [0.2, 0.25) is 5.89 Å². The number of carbonyl (C=O) groups is 2. The number of unbranched alkanes of at least 4 members (excludes halogenated alkanes) is 1. The Kier molecular flexibility index (Phi) is 11.5. The maximum atomic E-state index is 13.1. The molecule has 0 saturated heterocycles. The fourth-order valence-electron chi connectivity index (χ4n) is 3.19. The van der Waals surface area contributed by atoms with Crippen LogP contribution in [0.1, 0.15) is 64.9 Å². The molecule has 0 unspecified atom stereocenters. The van der Waals surface area contributed by atoms with Crippen molar-refractivity contribution in [2.24, 2.45) is 0 Å². The molecule has 32 heavy (non-hydrogen) atoms. The van der Waals surface area contributed by atoms with E-state index in [2.05, 4.69) is 17.2 Å². The summed E-state index contributed by atoms with van der Waals surface area (Å²) in [5, 5.41) is 2.77. The topological polar surface area (TPSA) is 93.9 Å². The molecule has 0 aliphatic heterocycles. The summed E-state index contributed by atoms with van der Waals surface area (Å²) >= 11 is 0. The molecule has 0 fully saturated rings. The molecule has 0 aliphatic rings. The largest absolute Gasteiger partial charge is 0.446 e. The van der Waals surface area contributed by atoms with Gasteiger partial charge in [-0.3, -0.25) is 9.59 Å². The third kappa shape index (κ3) is 8.43. The Hall–Kier alpha value is -2.71. The second-order valence-electron chi connectivity index (χ2n) is 7.60. The maximum Gasteiger partial charge on any atom is 0.273 e. The number of carbonyl (C=O) groups excluding carboxylic acids is 2. The fourth-order valence-corrected chi connectivity index (χ4v) is 3.19. The smallest absolute Gasteiger partial charge is 0.273 e. The number of methoxy groups -OCH3 is 2. The molecule has 0 bridgehead atoms. The van der Waals surface area contributed by atoms with Crippen LogP contribution in [0.2, 0.25) is 0 Å². The van der Waals surface area contributed by atoms with Crippen molar-refractivity contribution in [1.82, 2.24) is 15.2 Å². The van der Waals surface area contributed by atoms with Gasteiger partial charge in [-0.25, -0.2) is 4.98 Å². The molecule has 1 heterocycles. The molecule has 0 radical (unpaired) electrons. The standard InChI is InChI=1S/C24H35N3O5/c1-4-5-8-19-9-11-20(12-10-19)24(29)27(14-7-16-31-3)17-22-26-21(18-32-22)23(28)25-13-6-15-30-2/h9-12,18H,4-8,13-17H2,1-3H3,(H,25,28). The van der Waals surface area contributed by atoms with E-state index in [4.69, 9.17) is 13.9 Å². The number of ether oxygens (including phenoxy) is 2. The number of amides is 2. The van der Waals surface area contributed by atoms with Gasteiger partial charge in [0.25, 0.3) is 11.8 Å². The average molecular weight is 446 g/mol. The Bertz CT molecular complexity index is 819. The van der Waals surface area contributed by atoms with Crippen LogP contribution in [0.5, 0.6) is 0 Å².